The fraction of sp³-hybridized carbons (Fsp3) is 0.344. The minimum Gasteiger partial charge on any atom is -0.497 e. The number of ether oxygens (including phenoxy) is 3. The topological polar surface area (TPSA) is 162 Å². The summed E-state index contributed by atoms with van der Waals surface area (Å²) in [6.07, 6.45) is 1.17. The van der Waals surface area contributed by atoms with Crippen molar-refractivity contribution >= 4 is 29.5 Å². The molecule has 2 heterocycles. The van der Waals surface area contributed by atoms with Crippen LogP contribution in [0, 0.1) is 11.7 Å². The van der Waals surface area contributed by atoms with Gasteiger partial charge in [0.1, 0.15) is 29.9 Å². The molecule has 0 saturated carbocycles. The number of hydrogen-bond donors (Lipinski definition) is 3. The number of amides is 2. The van der Waals surface area contributed by atoms with Crippen LogP contribution in [0.3, 0.4) is 0 Å². The number of para-hydroxylation sites is 1. The van der Waals surface area contributed by atoms with E-state index in [1.807, 2.05) is 6.07 Å². The molecule has 5 rings (SSSR count). The maximum atomic E-state index is 13.9. The number of carbonyl (C=O) groups excluding carboxylic acids is 4. The standard InChI is InChI=1S/C32H32FN3O9/c1-43-20-7-9-21(10-8-20)45-32(42)35-23-11-6-18-12-13-36-16-19(14-25(37)29(23)30(18)36)31(41)34-24(15-28(39)40)26(38)17-44-27-5-3-2-4-22(27)33/h2-5,7-10,12-13,19,23-24,29H,6,11,14-17H2,1H3,(H,34,41)(H,35,42)(H,39,40). The van der Waals surface area contributed by atoms with E-state index < -0.39 is 66.5 Å². The number of Topliss-reactive ketones (excluding diaryl/α,β-unsaturated/α-hetero) is 2. The van der Waals surface area contributed by atoms with Crippen LogP contribution in [-0.4, -0.2) is 65.0 Å². The smallest absolute Gasteiger partial charge is 0.412 e. The first-order chi connectivity index (χ1) is 21.6. The van der Waals surface area contributed by atoms with Gasteiger partial charge in [0, 0.05) is 30.9 Å². The van der Waals surface area contributed by atoms with Crippen molar-refractivity contribution in [3.8, 4) is 17.2 Å². The number of carboxylic acid groups (broad SMARTS) is 1. The molecule has 2 aliphatic rings. The number of methoxy groups -OCH3 is 1. The highest BCUT2D eigenvalue weighted by molar-refractivity contribution is 5.96. The lowest BCUT2D eigenvalue weighted by Gasteiger charge is -2.31. The number of aliphatic carboxylic acids is 1. The molecule has 4 atom stereocenters. The molecule has 4 unspecified atom stereocenters. The molecule has 0 bridgehead atoms. The maximum Gasteiger partial charge on any atom is 0.412 e. The summed E-state index contributed by atoms with van der Waals surface area (Å²) in [5, 5.41) is 14.7. The maximum absolute atomic E-state index is 13.9. The highest BCUT2D eigenvalue weighted by Gasteiger charge is 2.43. The second kappa shape index (κ2) is 13.6. The molecule has 2 amide bonds. The first kappa shape index (κ1) is 31.2. The van der Waals surface area contributed by atoms with Crippen LogP contribution in [0.1, 0.15) is 36.4 Å². The van der Waals surface area contributed by atoms with Crippen LogP contribution in [0.2, 0.25) is 0 Å². The van der Waals surface area contributed by atoms with E-state index in [1.165, 1.54) is 25.3 Å². The van der Waals surface area contributed by atoms with Gasteiger partial charge in [0.2, 0.25) is 5.91 Å². The lowest BCUT2D eigenvalue weighted by molar-refractivity contribution is -0.141. The number of hydrogen-bond acceptors (Lipinski definition) is 8. The zero-order valence-corrected chi connectivity index (χ0v) is 24.4. The van der Waals surface area contributed by atoms with Crippen molar-refractivity contribution in [3.05, 3.63) is 77.9 Å². The minimum atomic E-state index is -1.46. The largest absolute Gasteiger partial charge is 0.497 e. The van der Waals surface area contributed by atoms with E-state index in [0.717, 1.165) is 11.6 Å². The number of aromatic nitrogens is 1. The fourth-order valence-corrected chi connectivity index (χ4v) is 5.78. The Morgan fingerprint density at radius 1 is 1.07 bits per heavy atom. The van der Waals surface area contributed by atoms with Crippen molar-refractivity contribution in [1.29, 1.82) is 0 Å². The van der Waals surface area contributed by atoms with Crippen molar-refractivity contribution in [2.75, 3.05) is 13.7 Å². The molecule has 2 aromatic carbocycles. The molecule has 236 valence electrons. The third kappa shape index (κ3) is 7.31. The average Bonchev–Trinajstić information content (AvgIpc) is 3.34. The molecule has 0 saturated heterocycles. The number of carbonyl (C=O) groups is 5. The fourth-order valence-electron chi connectivity index (χ4n) is 5.78. The molecular weight excluding hydrogens is 589 g/mol. The van der Waals surface area contributed by atoms with Gasteiger partial charge in [-0.05, 0) is 60.9 Å². The van der Waals surface area contributed by atoms with Crippen LogP contribution < -0.4 is 24.8 Å². The summed E-state index contributed by atoms with van der Waals surface area (Å²) in [6.45, 7) is -0.567. The highest BCUT2D eigenvalue weighted by atomic mass is 19.1. The van der Waals surface area contributed by atoms with Crippen molar-refractivity contribution in [2.24, 2.45) is 5.92 Å². The molecular formula is C32H32FN3O9. The van der Waals surface area contributed by atoms with E-state index in [4.69, 9.17) is 14.2 Å². The zero-order chi connectivity index (χ0) is 32.1. The SMILES string of the molecule is COc1ccc(OC(=O)NC2CCc3ccn4c3C2C(=O)CC(C(=O)NC(CC(=O)O)C(=O)COc2ccccc2F)C4)cc1. The summed E-state index contributed by atoms with van der Waals surface area (Å²) >= 11 is 0. The second-order valence-electron chi connectivity index (χ2n) is 10.9. The third-order valence-corrected chi connectivity index (χ3v) is 7.96. The van der Waals surface area contributed by atoms with Gasteiger partial charge in [-0.15, -0.1) is 0 Å². The number of nitrogens with one attached hydrogen (secondary N) is 2. The monoisotopic (exact) mass is 621 g/mol. The van der Waals surface area contributed by atoms with Gasteiger partial charge < -0.3 is 34.5 Å². The van der Waals surface area contributed by atoms with Crippen molar-refractivity contribution in [1.82, 2.24) is 15.2 Å². The molecule has 3 aromatic rings. The van der Waals surface area contributed by atoms with Crippen molar-refractivity contribution < 1.29 is 47.7 Å². The van der Waals surface area contributed by atoms with Gasteiger partial charge in [0.05, 0.1) is 25.4 Å². The molecule has 0 fully saturated rings. The van der Waals surface area contributed by atoms with Gasteiger partial charge in [-0.25, -0.2) is 9.18 Å². The van der Waals surface area contributed by atoms with E-state index in [-0.39, 0.29) is 24.5 Å². The zero-order valence-electron chi connectivity index (χ0n) is 24.4. The Morgan fingerprint density at radius 3 is 2.51 bits per heavy atom. The Labute approximate surface area is 257 Å². The lowest BCUT2D eigenvalue weighted by Crippen LogP contribution is -2.47. The molecule has 0 radical (unpaired) electrons. The number of ketones is 2. The highest BCUT2D eigenvalue weighted by Crippen LogP contribution is 2.38. The van der Waals surface area contributed by atoms with E-state index in [1.54, 1.807) is 35.0 Å². The van der Waals surface area contributed by atoms with Crippen molar-refractivity contribution in [2.45, 2.75) is 50.2 Å². The van der Waals surface area contributed by atoms with E-state index in [9.17, 15) is 33.5 Å². The Hall–Kier alpha value is -5.20. The Morgan fingerprint density at radius 2 is 1.80 bits per heavy atom. The predicted octanol–water partition coefficient (Wildman–Crippen LogP) is 3.02. The van der Waals surface area contributed by atoms with Gasteiger partial charge in [0.15, 0.2) is 17.3 Å². The number of nitrogens with zero attached hydrogens (tertiary/aromatic N) is 1. The molecule has 1 aliphatic carbocycles. The van der Waals surface area contributed by atoms with Crippen molar-refractivity contribution in [3.63, 3.8) is 0 Å². The van der Waals surface area contributed by atoms with E-state index in [0.29, 0.717) is 30.0 Å². The molecule has 13 heteroatoms. The quantitative estimate of drug-likeness (QED) is 0.292. The first-order valence-electron chi connectivity index (χ1n) is 14.4. The summed E-state index contributed by atoms with van der Waals surface area (Å²) in [4.78, 5) is 64.3. The molecule has 0 spiro atoms. The van der Waals surface area contributed by atoms with Gasteiger partial charge in [-0.3, -0.25) is 19.2 Å². The van der Waals surface area contributed by atoms with Gasteiger partial charge in [-0.2, -0.15) is 0 Å². The normalized spacial score (nSPS) is 19.3. The molecule has 12 nitrogen and oxygen atoms in total. The molecule has 3 N–H and O–H groups in total. The van der Waals surface area contributed by atoms with Crippen LogP contribution in [0.15, 0.2) is 60.8 Å². The first-order valence-corrected chi connectivity index (χ1v) is 14.4. The number of aryl methyl sites for hydroxylation is 1. The Balaban J connectivity index is 1.27. The van der Waals surface area contributed by atoms with Crippen LogP contribution in [-0.2, 0) is 32.1 Å². The van der Waals surface area contributed by atoms with Crippen LogP contribution in [0.25, 0.3) is 0 Å². The predicted molar refractivity (Wildman–Crippen MR) is 156 cm³/mol. The summed E-state index contributed by atoms with van der Waals surface area (Å²) < 4.78 is 31.5. The van der Waals surface area contributed by atoms with E-state index >= 15 is 0 Å². The number of benzene rings is 2. The summed E-state index contributed by atoms with van der Waals surface area (Å²) in [7, 11) is 1.52. The minimum absolute atomic E-state index is 0.103. The summed E-state index contributed by atoms with van der Waals surface area (Å²) in [6, 6.07) is 11.7. The second-order valence-corrected chi connectivity index (χ2v) is 10.9. The van der Waals surface area contributed by atoms with Gasteiger partial charge in [0.25, 0.3) is 0 Å². The number of halogens is 1. The third-order valence-electron chi connectivity index (χ3n) is 7.96. The number of carboxylic acids is 1. The molecule has 1 aliphatic heterocycles. The summed E-state index contributed by atoms with van der Waals surface area (Å²) in [5.74, 6) is -4.74. The summed E-state index contributed by atoms with van der Waals surface area (Å²) in [5.41, 5.74) is 1.63. The Bertz CT molecular complexity index is 1600. The van der Waals surface area contributed by atoms with Crippen LogP contribution in [0.5, 0.6) is 17.2 Å². The van der Waals surface area contributed by atoms with E-state index in [2.05, 4.69) is 10.6 Å². The lowest BCUT2D eigenvalue weighted by atomic mass is 9.79. The average molecular weight is 622 g/mol. The number of rotatable bonds is 11. The van der Waals surface area contributed by atoms with Crippen LogP contribution in [0.4, 0.5) is 9.18 Å². The van der Waals surface area contributed by atoms with Crippen LogP contribution >= 0.6 is 0 Å². The van der Waals surface area contributed by atoms with Gasteiger partial charge in [-0.1, -0.05) is 12.1 Å². The molecule has 1 aromatic heterocycles. The molecule has 45 heavy (non-hydrogen) atoms. The van der Waals surface area contributed by atoms with Gasteiger partial charge >= 0.3 is 12.1 Å². The Kier molecular flexibility index (Phi) is 9.45.